The van der Waals surface area contributed by atoms with Crippen molar-refractivity contribution in [2.75, 3.05) is 25.1 Å². The fourth-order valence-electron chi connectivity index (χ4n) is 2.55. The molecule has 0 radical (unpaired) electrons. The van der Waals surface area contributed by atoms with E-state index in [9.17, 15) is 0 Å². The Morgan fingerprint density at radius 2 is 2.23 bits per heavy atom. The molecule has 2 aromatic heterocycles. The molecule has 0 atom stereocenters. The molecule has 3 rings (SSSR count). The largest absolute Gasteiger partial charge is 0.377 e. The fraction of sp³-hybridized carbons (Fsp3) is 0.438. The number of nitrogens with zero attached hydrogens (tertiary/aromatic N) is 4. The third-order valence-corrected chi connectivity index (χ3v) is 3.66. The van der Waals surface area contributed by atoms with Crippen molar-refractivity contribution in [3.8, 4) is 5.82 Å². The Morgan fingerprint density at radius 1 is 1.32 bits per heavy atom. The minimum Gasteiger partial charge on any atom is -0.377 e. The number of aryl methyl sites for hydroxylation is 2. The van der Waals surface area contributed by atoms with Crippen LogP contribution in [-0.2, 0) is 4.74 Å². The van der Waals surface area contributed by atoms with Gasteiger partial charge >= 0.3 is 0 Å². The van der Waals surface area contributed by atoms with Crippen LogP contribution in [0.3, 0.4) is 0 Å². The van der Waals surface area contributed by atoms with Crippen LogP contribution in [0.15, 0.2) is 30.1 Å². The summed E-state index contributed by atoms with van der Waals surface area (Å²) in [7, 11) is 0. The van der Waals surface area contributed by atoms with Gasteiger partial charge in [0.05, 0.1) is 31.3 Å². The summed E-state index contributed by atoms with van der Waals surface area (Å²) in [5.74, 6) is 1.51. The molecule has 0 spiro atoms. The van der Waals surface area contributed by atoms with E-state index >= 15 is 0 Å². The standard InChI is InChI=1S/C16H21N5O/c1-12-9-13(2)21(20-12)16-11-17-10-15(19-16)18-6-3-14-4-7-22-8-5-14/h4,9-11H,3,5-8H2,1-2H3,(H,18,19). The zero-order valence-corrected chi connectivity index (χ0v) is 13.0. The van der Waals surface area contributed by atoms with Gasteiger partial charge < -0.3 is 10.1 Å². The Bertz CT molecular complexity index is 677. The third-order valence-electron chi connectivity index (χ3n) is 3.66. The maximum absolute atomic E-state index is 5.31. The second-order valence-electron chi connectivity index (χ2n) is 5.47. The number of hydrogen-bond acceptors (Lipinski definition) is 5. The summed E-state index contributed by atoms with van der Waals surface area (Å²) in [6, 6.07) is 2.03. The summed E-state index contributed by atoms with van der Waals surface area (Å²) in [6.07, 6.45) is 7.68. The van der Waals surface area contributed by atoms with Crippen molar-refractivity contribution in [3.63, 3.8) is 0 Å². The first-order valence-corrected chi connectivity index (χ1v) is 7.57. The molecule has 22 heavy (non-hydrogen) atoms. The van der Waals surface area contributed by atoms with Crippen molar-refractivity contribution in [3.05, 3.63) is 41.5 Å². The lowest BCUT2D eigenvalue weighted by atomic mass is 10.1. The van der Waals surface area contributed by atoms with Gasteiger partial charge in [0.1, 0.15) is 5.82 Å². The monoisotopic (exact) mass is 299 g/mol. The molecule has 0 aliphatic carbocycles. The molecule has 1 N–H and O–H groups in total. The van der Waals surface area contributed by atoms with Crippen LogP contribution in [0.25, 0.3) is 5.82 Å². The van der Waals surface area contributed by atoms with Crippen molar-refractivity contribution in [1.82, 2.24) is 19.7 Å². The average molecular weight is 299 g/mol. The Labute approximate surface area is 130 Å². The Kier molecular flexibility index (Phi) is 4.48. The zero-order chi connectivity index (χ0) is 15.4. The molecule has 2 aromatic rings. The number of nitrogens with one attached hydrogen (secondary N) is 1. The van der Waals surface area contributed by atoms with E-state index in [1.165, 1.54) is 5.57 Å². The number of rotatable bonds is 5. The van der Waals surface area contributed by atoms with E-state index in [0.29, 0.717) is 0 Å². The number of aromatic nitrogens is 4. The van der Waals surface area contributed by atoms with Gasteiger partial charge in [-0.3, -0.25) is 4.98 Å². The minimum atomic E-state index is 0.737. The van der Waals surface area contributed by atoms with Crippen LogP contribution in [-0.4, -0.2) is 39.5 Å². The van der Waals surface area contributed by atoms with Crippen molar-refractivity contribution in [1.29, 1.82) is 0 Å². The lowest BCUT2D eigenvalue weighted by Gasteiger charge is -2.14. The maximum Gasteiger partial charge on any atom is 0.174 e. The maximum atomic E-state index is 5.31. The average Bonchev–Trinajstić information content (AvgIpc) is 2.87. The van der Waals surface area contributed by atoms with Gasteiger partial charge in [0.25, 0.3) is 0 Å². The molecule has 3 heterocycles. The Balaban J connectivity index is 1.64. The van der Waals surface area contributed by atoms with Crippen LogP contribution in [0, 0.1) is 13.8 Å². The summed E-state index contributed by atoms with van der Waals surface area (Å²) in [5, 5.41) is 7.77. The van der Waals surface area contributed by atoms with Gasteiger partial charge in [0.2, 0.25) is 0 Å². The van der Waals surface area contributed by atoms with Crippen LogP contribution in [0.1, 0.15) is 24.2 Å². The number of ether oxygens (including phenoxy) is 1. The minimum absolute atomic E-state index is 0.737. The molecular weight excluding hydrogens is 278 g/mol. The summed E-state index contributed by atoms with van der Waals surface area (Å²) in [4.78, 5) is 8.84. The molecule has 0 aromatic carbocycles. The first-order chi connectivity index (χ1) is 10.7. The quantitative estimate of drug-likeness (QED) is 0.859. The van der Waals surface area contributed by atoms with Crippen molar-refractivity contribution >= 4 is 5.82 Å². The Morgan fingerprint density at radius 3 is 2.95 bits per heavy atom. The van der Waals surface area contributed by atoms with Gasteiger partial charge in [-0.1, -0.05) is 11.6 Å². The second-order valence-corrected chi connectivity index (χ2v) is 5.47. The van der Waals surface area contributed by atoms with Crippen molar-refractivity contribution < 1.29 is 4.74 Å². The molecule has 116 valence electrons. The second kappa shape index (κ2) is 6.70. The number of anilines is 1. The summed E-state index contributed by atoms with van der Waals surface area (Å²) in [6.45, 7) is 6.41. The normalized spacial score (nSPS) is 14.7. The van der Waals surface area contributed by atoms with Gasteiger partial charge in [0, 0.05) is 12.2 Å². The SMILES string of the molecule is Cc1cc(C)n(-c2cncc(NCCC3=CCOCC3)n2)n1. The van der Waals surface area contributed by atoms with E-state index < -0.39 is 0 Å². The Hall–Kier alpha value is -2.21. The summed E-state index contributed by atoms with van der Waals surface area (Å²) >= 11 is 0. The van der Waals surface area contributed by atoms with Gasteiger partial charge in [0.15, 0.2) is 5.82 Å². The molecule has 0 amide bonds. The number of hydrogen-bond donors (Lipinski definition) is 1. The predicted molar refractivity (Wildman–Crippen MR) is 85.3 cm³/mol. The highest BCUT2D eigenvalue weighted by Gasteiger charge is 2.07. The summed E-state index contributed by atoms with van der Waals surface area (Å²) < 4.78 is 7.13. The van der Waals surface area contributed by atoms with Crippen LogP contribution >= 0.6 is 0 Å². The smallest absolute Gasteiger partial charge is 0.174 e. The van der Waals surface area contributed by atoms with Crippen molar-refractivity contribution in [2.24, 2.45) is 0 Å². The molecule has 6 heteroatoms. The lowest BCUT2D eigenvalue weighted by molar-refractivity contribution is 0.153. The van der Waals surface area contributed by atoms with Crippen LogP contribution in [0.4, 0.5) is 5.82 Å². The first kappa shape index (κ1) is 14.7. The molecule has 1 aliphatic rings. The molecule has 0 saturated heterocycles. The van der Waals surface area contributed by atoms with Crippen LogP contribution < -0.4 is 5.32 Å². The van der Waals surface area contributed by atoms with E-state index in [0.717, 1.165) is 55.6 Å². The third kappa shape index (κ3) is 3.51. The molecule has 0 bridgehead atoms. The first-order valence-electron chi connectivity index (χ1n) is 7.57. The highest BCUT2D eigenvalue weighted by molar-refractivity contribution is 5.36. The highest BCUT2D eigenvalue weighted by atomic mass is 16.5. The van der Waals surface area contributed by atoms with E-state index in [2.05, 4.69) is 26.5 Å². The van der Waals surface area contributed by atoms with Crippen molar-refractivity contribution in [2.45, 2.75) is 26.7 Å². The van der Waals surface area contributed by atoms with Gasteiger partial charge in [-0.05, 0) is 32.8 Å². The van der Waals surface area contributed by atoms with E-state index in [1.54, 1.807) is 12.4 Å². The molecule has 0 fully saturated rings. The predicted octanol–water partition coefficient (Wildman–Crippen LogP) is 2.43. The molecule has 6 nitrogen and oxygen atoms in total. The van der Waals surface area contributed by atoms with Crippen LogP contribution in [0.5, 0.6) is 0 Å². The highest BCUT2D eigenvalue weighted by Crippen LogP contribution is 2.13. The van der Waals surface area contributed by atoms with Gasteiger partial charge in [-0.25, -0.2) is 9.67 Å². The van der Waals surface area contributed by atoms with E-state index in [-0.39, 0.29) is 0 Å². The zero-order valence-electron chi connectivity index (χ0n) is 13.0. The fourth-order valence-corrected chi connectivity index (χ4v) is 2.55. The molecule has 1 aliphatic heterocycles. The van der Waals surface area contributed by atoms with E-state index in [1.807, 2.05) is 24.6 Å². The lowest BCUT2D eigenvalue weighted by Crippen LogP contribution is -2.11. The molecular formula is C16H21N5O. The van der Waals surface area contributed by atoms with Gasteiger partial charge in [-0.2, -0.15) is 5.10 Å². The van der Waals surface area contributed by atoms with E-state index in [4.69, 9.17) is 4.74 Å². The molecule has 0 saturated carbocycles. The molecule has 0 unspecified atom stereocenters. The van der Waals surface area contributed by atoms with Crippen LogP contribution in [0.2, 0.25) is 0 Å². The topological polar surface area (TPSA) is 64.9 Å². The van der Waals surface area contributed by atoms with Gasteiger partial charge in [-0.15, -0.1) is 0 Å². The summed E-state index contributed by atoms with van der Waals surface area (Å²) in [5.41, 5.74) is 3.47.